The fourth-order valence-corrected chi connectivity index (χ4v) is 3.10. The Morgan fingerprint density at radius 2 is 1.94 bits per heavy atom. The third kappa shape index (κ3) is 3.22. The molecule has 0 bridgehead atoms. The summed E-state index contributed by atoms with van der Waals surface area (Å²) in [6.07, 6.45) is 0.207. The number of amides is 1. The normalized spacial score (nSPS) is 20.4. The van der Waals surface area contributed by atoms with Crippen LogP contribution >= 0.6 is 11.6 Å². The molecule has 1 amide bonds. The van der Waals surface area contributed by atoms with Crippen molar-refractivity contribution in [3.05, 3.63) is 29.3 Å². The molecule has 0 spiro atoms. The molecule has 2 N–H and O–H groups in total. The SMILES string of the molecule is NS(=O)(=O)CC1CC(=O)N(c2ccc(Cl)cc2)C1. The van der Waals surface area contributed by atoms with Crippen molar-refractivity contribution < 1.29 is 13.2 Å². The van der Waals surface area contributed by atoms with Gasteiger partial charge in [0.2, 0.25) is 15.9 Å². The van der Waals surface area contributed by atoms with Crippen molar-refractivity contribution in [1.29, 1.82) is 0 Å². The van der Waals surface area contributed by atoms with Crippen LogP contribution in [0, 0.1) is 5.92 Å². The molecule has 1 atom stereocenters. The lowest BCUT2D eigenvalue weighted by Crippen LogP contribution is -2.27. The number of benzene rings is 1. The Morgan fingerprint density at radius 1 is 1.33 bits per heavy atom. The lowest BCUT2D eigenvalue weighted by atomic mass is 10.1. The third-order valence-electron chi connectivity index (χ3n) is 2.81. The number of nitrogens with zero attached hydrogens (tertiary/aromatic N) is 1. The van der Waals surface area contributed by atoms with Crippen LogP contribution in [0.25, 0.3) is 0 Å². The number of carbonyl (C=O) groups excluding carboxylic acids is 1. The number of carbonyl (C=O) groups is 1. The first-order valence-electron chi connectivity index (χ1n) is 5.41. The van der Waals surface area contributed by atoms with Crippen molar-refractivity contribution in [2.45, 2.75) is 6.42 Å². The standard InChI is InChI=1S/C11H13ClN2O3S/c12-9-1-3-10(4-2-9)14-6-8(5-11(14)15)7-18(13,16)17/h1-4,8H,5-7H2,(H2,13,16,17). The zero-order valence-corrected chi connectivity index (χ0v) is 11.1. The van der Waals surface area contributed by atoms with Gasteiger partial charge in [-0.25, -0.2) is 13.6 Å². The molecule has 98 valence electrons. The molecule has 1 aliphatic rings. The number of hydrogen-bond donors (Lipinski definition) is 1. The molecule has 0 saturated carbocycles. The smallest absolute Gasteiger partial charge is 0.227 e. The van der Waals surface area contributed by atoms with Gasteiger partial charge >= 0.3 is 0 Å². The summed E-state index contributed by atoms with van der Waals surface area (Å²) in [4.78, 5) is 13.4. The fourth-order valence-electron chi connectivity index (χ4n) is 2.09. The minimum absolute atomic E-state index is 0.0917. The van der Waals surface area contributed by atoms with Crippen LogP contribution in [0.3, 0.4) is 0 Å². The lowest BCUT2D eigenvalue weighted by Gasteiger charge is -2.16. The first kappa shape index (κ1) is 13.3. The van der Waals surface area contributed by atoms with Gasteiger partial charge in [-0.1, -0.05) is 11.6 Å². The topological polar surface area (TPSA) is 80.5 Å². The summed E-state index contributed by atoms with van der Waals surface area (Å²) in [6.45, 7) is 0.372. The predicted octanol–water partition coefficient (Wildman–Crippen LogP) is 0.981. The number of rotatable bonds is 3. The molecule has 1 fully saturated rings. The molecule has 0 aliphatic carbocycles. The summed E-state index contributed by atoms with van der Waals surface area (Å²) in [7, 11) is -3.54. The summed E-state index contributed by atoms with van der Waals surface area (Å²) in [5.41, 5.74) is 0.723. The van der Waals surface area contributed by atoms with Crippen molar-refractivity contribution in [3.8, 4) is 0 Å². The first-order valence-corrected chi connectivity index (χ1v) is 7.51. The van der Waals surface area contributed by atoms with Crippen LogP contribution in [-0.4, -0.2) is 26.6 Å². The molecular formula is C11H13ClN2O3S. The van der Waals surface area contributed by atoms with E-state index in [9.17, 15) is 13.2 Å². The van der Waals surface area contributed by atoms with Gasteiger partial charge in [0.15, 0.2) is 0 Å². The molecule has 7 heteroatoms. The summed E-state index contributed by atoms with van der Waals surface area (Å²) < 4.78 is 22.0. The van der Waals surface area contributed by atoms with Gasteiger partial charge in [-0.3, -0.25) is 4.79 Å². The van der Waals surface area contributed by atoms with E-state index in [-0.39, 0.29) is 24.0 Å². The zero-order valence-electron chi connectivity index (χ0n) is 9.54. The van der Waals surface area contributed by atoms with Gasteiger partial charge in [-0.2, -0.15) is 0 Å². The van der Waals surface area contributed by atoms with Crippen LogP contribution in [-0.2, 0) is 14.8 Å². The number of halogens is 1. The van der Waals surface area contributed by atoms with E-state index in [2.05, 4.69) is 0 Å². The maximum atomic E-state index is 11.8. The molecule has 1 saturated heterocycles. The van der Waals surface area contributed by atoms with Crippen LogP contribution in [0.5, 0.6) is 0 Å². The molecule has 1 unspecified atom stereocenters. The van der Waals surface area contributed by atoms with E-state index in [4.69, 9.17) is 16.7 Å². The molecule has 1 aromatic rings. The molecular weight excluding hydrogens is 276 g/mol. The monoisotopic (exact) mass is 288 g/mol. The van der Waals surface area contributed by atoms with E-state index >= 15 is 0 Å². The van der Waals surface area contributed by atoms with Crippen LogP contribution in [0.15, 0.2) is 24.3 Å². The zero-order chi connectivity index (χ0) is 13.3. The summed E-state index contributed by atoms with van der Waals surface area (Å²) >= 11 is 5.77. The number of sulfonamides is 1. The van der Waals surface area contributed by atoms with E-state index in [1.165, 1.54) is 0 Å². The highest BCUT2D eigenvalue weighted by atomic mass is 35.5. The van der Waals surface area contributed by atoms with Crippen molar-refractivity contribution in [2.75, 3.05) is 17.2 Å². The lowest BCUT2D eigenvalue weighted by molar-refractivity contribution is -0.117. The number of primary sulfonamides is 1. The summed E-state index contributed by atoms with van der Waals surface area (Å²) in [5, 5.41) is 5.58. The summed E-state index contributed by atoms with van der Waals surface area (Å²) in [6, 6.07) is 6.85. The second-order valence-electron chi connectivity index (χ2n) is 4.38. The van der Waals surface area contributed by atoms with E-state index in [0.29, 0.717) is 11.6 Å². The molecule has 5 nitrogen and oxygen atoms in total. The Bertz CT molecular complexity index is 556. The third-order valence-corrected chi connectivity index (χ3v) is 4.00. The Balaban J connectivity index is 2.12. The van der Waals surface area contributed by atoms with Crippen molar-refractivity contribution in [3.63, 3.8) is 0 Å². The second-order valence-corrected chi connectivity index (χ2v) is 6.48. The highest BCUT2D eigenvalue weighted by molar-refractivity contribution is 7.89. The molecule has 1 aliphatic heterocycles. The van der Waals surface area contributed by atoms with Crippen LogP contribution in [0.1, 0.15) is 6.42 Å². The molecule has 0 aromatic heterocycles. The van der Waals surface area contributed by atoms with E-state index in [1.807, 2.05) is 0 Å². The predicted molar refractivity (Wildman–Crippen MR) is 69.9 cm³/mol. The number of nitrogens with two attached hydrogens (primary N) is 1. The highest BCUT2D eigenvalue weighted by Gasteiger charge is 2.32. The van der Waals surface area contributed by atoms with Gasteiger partial charge in [0.1, 0.15) is 0 Å². The van der Waals surface area contributed by atoms with Crippen molar-refractivity contribution in [2.24, 2.45) is 11.1 Å². The molecule has 2 rings (SSSR count). The first-order chi connectivity index (χ1) is 8.35. The quantitative estimate of drug-likeness (QED) is 0.900. The van der Waals surface area contributed by atoms with E-state index in [1.54, 1.807) is 29.2 Å². The average molecular weight is 289 g/mol. The van der Waals surface area contributed by atoms with Gasteiger partial charge < -0.3 is 4.90 Å². The largest absolute Gasteiger partial charge is 0.312 e. The van der Waals surface area contributed by atoms with Gasteiger partial charge in [0, 0.05) is 29.6 Å². The maximum Gasteiger partial charge on any atom is 0.227 e. The van der Waals surface area contributed by atoms with Crippen molar-refractivity contribution >= 4 is 33.2 Å². The van der Waals surface area contributed by atoms with E-state index in [0.717, 1.165) is 5.69 Å². The highest BCUT2D eigenvalue weighted by Crippen LogP contribution is 2.26. The molecule has 1 heterocycles. The molecule has 0 radical (unpaired) electrons. The van der Waals surface area contributed by atoms with Gasteiger partial charge in [0.25, 0.3) is 0 Å². The number of anilines is 1. The molecule has 1 aromatic carbocycles. The Labute approximate surface area is 111 Å². The van der Waals surface area contributed by atoms with Gasteiger partial charge in [-0.15, -0.1) is 0 Å². The van der Waals surface area contributed by atoms with Crippen LogP contribution in [0.4, 0.5) is 5.69 Å². The van der Waals surface area contributed by atoms with Gasteiger partial charge in [-0.05, 0) is 24.3 Å². The Morgan fingerprint density at radius 3 is 2.50 bits per heavy atom. The maximum absolute atomic E-state index is 11.8. The van der Waals surface area contributed by atoms with Crippen molar-refractivity contribution in [1.82, 2.24) is 0 Å². The minimum atomic E-state index is -3.54. The minimum Gasteiger partial charge on any atom is -0.312 e. The second kappa shape index (κ2) is 4.87. The summed E-state index contributed by atoms with van der Waals surface area (Å²) in [5.74, 6) is -0.503. The Kier molecular flexibility index (Phi) is 3.61. The van der Waals surface area contributed by atoms with Crippen LogP contribution in [0.2, 0.25) is 5.02 Å². The van der Waals surface area contributed by atoms with E-state index < -0.39 is 10.0 Å². The molecule has 18 heavy (non-hydrogen) atoms. The van der Waals surface area contributed by atoms with Crippen LogP contribution < -0.4 is 10.0 Å². The Hall–Kier alpha value is -1.11. The van der Waals surface area contributed by atoms with Gasteiger partial charge in [0.05, 0.1) is 5.75 Å². The number of hydrogen-bond acceptors (Lipinski definition) is 3. The fraction of sp³-hybridized carbons (Fsp3) is 0.364. The average Bonchev–Trinajstić information content (AvgIpc) is 2.58.